The molecular formula is C30H37F4N5O3. The number of aromatic nitrogens is 1. The van der Waals surface area contributed by atoms with Gasteiger partial charge < -0.3 is 20.1 Å². The number of hydrogen-bond acceptors (Lipinski definition) is 5. The Morgan fingerprint density at radius 1 is 1.05 bits per heavy atom. The van der Waals surface area contributed by atoms with Gasteiger partial charge in [0.1, 0.15) is 5.82 Å². The zero-order chi connectivity index (χ0) is 31.1. The summed E-state index contributed by atoms with van der Waals surface area (Å²) in [5.74, 6) is -1.66. The Bertz CT molecular complexity index is 1450. The number of H-pyrrole nitrogens is 1. The number of likely N-dealkylation sites (N-methyl/N-ethyl adjacent to an activating group) is 1. The van der Waals surface area contributed by atoms with Crippen molar-refractivity contribution in [1.29, 1.82) is 0 Å². The number of hydrogen-bond donors (Lipinski definition) is 2. The number of amides is 2. The Hall–Kier alpha value is -3.67. The van der Waals surface area contributed by atoms with Crippen LogP contribution < -0.4 is 15.8 Å². The van der Waals surface area contributed by atoms with Gasteiger partial charge in [-0.25, -0.2) is 4.39 Å². The summed E-state index contributed by atoms with van der Waals surface area (Å²) < 4.78 is 56.9. The molecule has 0 saturated carbocycles. The van der Waals surface area contributed by atoms with Gasteiger partial charge in [-0.3, -0.25) is 19.3 Å². The lowest BCUT2D eigenvalue weighted by molar-refractivity contribution is -0.139. The molecule has 0 aliphatic carbocycles. The highest BCUT2D eigenvalue weighted by Crippen LogP contribution is 2.37. The molecule has 2 aliphatic heterocycles. The van der Waals surface area contributed by atoms with Crippen molar-refractivity contribution in [3.8, 4) is 0 Å². The van der Waals surface area contributed by atoms with Crippen molar-refractivity contribution >= 4 is 28.8 Å². The molecule has 0 bridgehead atoms. The van der Waals surface area contributed by atoms with Crippen LogP contribution in [0.4, 0.5) is 28.9 Å². The molecule has 42 heavy (non-hydrogen) atoms. The molecule has 4 rings (SSSR count). The molecule has 2 unspecified atom stereocenters. The molecule has 2 amide bonds. The normalized spacial score (nSPS) is 20.4. The Balaban J connectivity index is 1.75. The summed E-state index contributed by atoms with van der Waals surface area (Å²) in [4.78, 5) is 45.5. The van der Waals surface area contributed by atoms with Gasteiger partial charge in [-0.05, 0) is 45.0 Å². The number of nitrogens with zero attached hydrogens (tertiary/aromatic N) is 3. The Morgan fingerprint density at radius 3 is 2.24 bits per heavy atom. The maximum Gasteiger partial charge on any atom is 0.417 e. The molecule has 2 aromatic rings. The van der Waals surface area contributed by atoms with Gasteiger partial charge in [-0.1, -0.05) is 26.8 Å². The minimum absolute atomic E-state index is 0.0266. The van der Waals surface area contributed by atoms with E-state index < -0.39 is 40.0 Å². The summed E-state index contributed by atoms with van der Waals surface area (Å²) in [5, 5.41) is 2.58. The SMILES string of the molecule is CC1CN(c2cc(F)c(C3=CCN(C(=O)C(C)(C)C)CC3)cc2NC(=O)c2c[nH]c(=O)cc2C(F)(F)F)CC(C)N1C. The minimum Gasteiger partial charge on any atom is -0.367 e. The number of carbonyl (C=O) groups is 2. The van der Waals surface area contributed by atoms with Crippen molar-refractivity contribution in [1.82, 2.24) is 14.8 Å². The molecular weight excluding hydrogens is 554 g/mol. The predicted octanol–water partition coefficient (Wildman–Crippen LogP) is 4.98. The van der Waals surface area contributed by atoms with Crippen LogP contribution in [0.15, 0.2) is 35.3 Å². The number of benzene rings is 1. The van der Waals surface area contributed by atoms with Crippen molar-refractivity contribution in [3.63, 3.8) is 0 Å². The highest BCUT2D eigenvalue weighted by atomic mass is 19.4. The second-order valence-electron chi connectivity index (χ2n) is 12.2. The fourth-order valence-electron chi connectivity index (χ4n) is 5.43. The zero-order valence-electron chi connectivity index (χ0n) is 24.7. The summed E-state index contributed by atoms with van der Waals surface area (Å²) in [6.07, 6.45) is -2.08. The smallest absolute Gasteiger partial charge is 0.367 e. The van der Waals surface area contributed by atoms with Gasteiger partial charge in [0.2, 0.25) is 11.5 Å². The number of carbonyl (C=O) groups excluding carboxylic acids is 2. The summed E-state index contributed by atoms with van der Waals surface area (Å²) >= 11 is 0. The topological polar surface area (TPSA) is 88.7 Å². The van der Waals surface area contributed by atoms with E-state index in [-0.39, 0.29) is 35.8 Å². The molecule has 1 aromatic heterocycles. The monoisotopic (exact) mass is 591 g/mol. The largest absolute Gasteiger partial charge is 0.417 e. The molecule has 0 spiro atoms. The first-order chi connectivity index (χ1) is 19.5. The van der Waals surface area contributed by atoms with Gasteiger partial charge in [0.05, 0.1) is 22.5 Å². The van der Waals surface area contributed by atoms with Crippen LogP contribution >= 0.6 is 0 Å². The van der Waals surface area contributed by atoms with E-state index in [1.807, 2.05) is 46.6 Å². The molecule has 2 N–H and O–H groups in total. The fraction of sp³-hybridized carbons (Fsp3) is 0.500. The van der Waals surface area contributed by atoms with E-state index in [1.54, 1.807) is 11.0 Å². The number of aromatic amines is 1. The highest BCUT2D eigenvalue weighted by Gasteiger charge is 2.37. The molecule has 3 heterocycles. The zero-order valence-corrected chi connectivity index (χ0v) is 24.7. The fourth-order valence-corrected chi connectivity index (χ4v) is 5.43. The molecule has 1 aromatic carbocycles. The number of nitrogens with one attached hydrogen (secondary N) is 2. The van der Waals surface area contributed by atoms with Gasteiger partial charge in [0.25, 0.3) is 5.91 Å². The second kappa shape index (κ2) is 11.5. The summed E-state index contributed by atoms with van der Waals surface area (Å²) in [7, 11) is 1.98. The van der Waals surface area contributed by atoms with Crippen molar-refractivity contribution < 1.29 is 27.2 Å². The molecule has 8 nitrogen and oxygen atoms in total. The predicted molar refractivity (Wildman–Crippen MR) is 154 cm³/mol. The maximum atomic E-state index is 15.8. The average molecular weight is 592 g/mol. The molecule has 228 valence electrons. The van der Waals surface area contributed by atoms with Crippen molar-refractivity contribution in [2.45, 2.75) is 59.3 Å². The molecule has 1 saturated heterocycles. The van der Waals surface area contributed by atoms with Crippen LogP contribution in [-0.4, -0.2) is 71.9 Å². The lowest BCUT2D eigenvalue weighted by Gasteiger charge is -2.44. The minimum atomic E-state index is -4.94. The first kappa shape index (κ1) is 31.3. The van der Waals surface area contributed by atoms with Gasteiger partial charge in [-0.15, -0.1) is 0 Å². The number of piperazine rings is 1. The Labute approximate surface area is 242 Å². The van der Waals surface area contributed by atoms with E-state index >= 15 is 4.39 Å². The van der Waals surface area contributed by atoms with E-state index in [0.717, 1.165) is 6.20 Å². The second-order valence-corrected chi connectivity index (χ2v) is 12.2. The van der Waals surface area contributed by atoms with Crippen LogP contribution in [0.3, 0.4) is 0 Å². The third kappa shape index (κ3) is 6.53. The first-order valence-corrected chi connectivity index (χ1v) is 13.9. The average Bonchev–Trinajstić information content (AvgIpc) is 2.90. The summed E-state index contributed by atoms with van der Waals surface area (Å²) in [6, 6.07) is 3.27. The van der Waals surface area contributed by atoms with Crippen molar-refractivity contribution in [3.05, 3.63) is 63.3 Å². The van der Waals surface area contributed by atoms with Gasteiger partial charge >= 0.3 is 6.18 Å². The maximum absolute atomic E-state index is 15.8. The lowest BCUT2D eigenvalue weighted by Crippen LogP contribution is -2.55. The highest BCUT2D eigenvalue weighted by molar-refractivity contribution is 6.07. The van der Waals surface area contributed by atoms with Crippen LogP contribution in [-0.2, 0) is 11.0 Å². The number of halogens is 4. The van der Waals surface area contributed by atoms with E-state index in [9.17, 15) is 27.6 Å². The van der Waals surface area contributed by atoms with Crippen LogP contribution in [0.5, 0.6) is 0 Å². The Morgan fingerprint density at radius 2 is 1.69 bits per heavy atom. The first-order valence-electron chi connectivity index (χ1n) is 13.9. The standard InChI is InChI=1S/C30H37F4N5O3/c1-17-15-39(16-18(2)37(17)6)25-13-23(31)20(19-7-9-38(10-8-19)28(42)29(3,4)5)11-24(25)36-27(41)21-14-35-26(40)12-22(21)30(32,33)34/h7,11-14,17-18H,8-10,15-16H2,1-6H3,(H,35,40)(H,36,41). The van der Waals surface area contributed by atoms with Crippen LogP contribution in [0.25, 0.3) is 5.57 Å². The Kier molecular flexibility index (Phi) is 8.59. The third-order valence-corrected chi connectivity index (χ3v) is 7.99. The quantitative estimate of drug-likeness (QED) is 0.490. The van der Waals surface area contributed by atoms with Gasteiger partial charge in [0.15, 0.2) is 0 Å². The van der Waals surface area contributed by atoms with E-state index in [4.69, 9.17) is 0 Å². The molecule has 12 heteroatoms. The van der Waals surface area contributed by atoms with Crippen LogP contribution in [0.1, 0.15) is 62.5 Å². The molecule has 2 atom stereocenters. The van der Waals surface area contributed by atoms with Gasteiger partial charge in [0, 0.05) is 61.5 Å². The van der Waals surface area contributed by atoms with Crippen LogP contribution in [0, 0.1) is 11.2 Å². The lowest BCUT2D eigenvalue weighted by atomic mass is 9.92. The molecule has 2 aliphatic rings. The van der Waals surface area contributed by atoms with Crippen molar-refractivity contribution in [2.75, 3.05) is 43.4 Å². The number of pyridine rings is 1. The number of anilines is 2. The summed E-state index contributed by atoms with van der Waals surface area (Å²) in [6.45, 7) is 11.2. The summed E-state index contributed by atoms with van der Waals surface area (Å²) in [5.41, 5.74) is -2.36. The third-order valence-electron chi connectivity index (χ3n) is 7.99. The number of alkyl halides is 3. The molecule has 0 radical (unpaired) electrons. The van der Waals surface area contributed by atoms with E-state index in [0.29, 0.717) is 43.4 Å². The van der Waals surface area contributed by atoms with E-state index in [1.165, 1.54) is 12.1 Å². The van der Waals surface area contributed by atoms with Crippen molar-refractivity contribution in [2.24, 2.45) is 5.41 Å². The van der Waals surface area contributed by atoms with Gasteiger partial charge in [-0.2, -0.15) is 13.2 Å². The number of rotatable bonds is 4. The van der Waals surface area contributed by atoms with E-state index in [2.05, 4.69) is 15.2 Å². The molecule has 1 fully saturated rings. The van der Waals surface area contributed by atoms with Crippen LogP contribution in [0.2, 0.25) is 0 Å².